The minimum absolute atomic E-state index is 0.210. The quantitative estimate of drug-likeness (QED) is 0.244. The summed E-state index contributed by atoms with van der Waals surface area (Å²) in [6, 6.07) is 0. The summed E-state index contributed by atoms with van der Waals surface area (Å²) in [5, 5.41) is 0.660. The summed E-state index contributed by atoms with van der Waals surface area (Å²) in [5.41, 5.74) is 1.19. The van der Waals surface area contributed by atoms with Crippen LogP contribution in [0, 0.1) is 18.9 Å². The van der Waals surface area contributed by atoms with Crippen molar-refractivity contribution >= 4 is 21.9 Å². The molecule has 4 heteroatoms. The second-order valence-corrected chi connectivity index (χ2v) is 4.01. The van der Waals surface area contributed by atoms with Crippen molar-refractivity contribution in [1.82, 2.24) is 0 Å². The van der Waals surface area contributed by atoms with Crippen molar-refractivity contribution in [3.63, 3.8) is 0 Å². The number of ether oxygens (including phenoxy) is 1. The van der Waals surface area contributed by atoms with Crippen molar-refractivity contribution in [3.05, 3.63) is 22.7 Å². The Bertz CT molecular complexity index is 353. The maximum atomic E-state index is 11.1. The van der Waals surface area contributed by atoms with E-state index in [0.29, 0.717) is 5.33 Å². The highest BCUT2D eigenvalue weighted by Crippen LogP contribution is 2.26. The summed E-state index contributed by atoms with van der Waals surface area (Å²) in [7, 11) is 1.32. The van der Waals surface area contributed by atoms with Gasteiger partial charge >= 0.3 is 5.97 Å². The Morgan fingerprint density at radius 2 is 2.06 bits per heavy atom. The van der Waals surface area contributed by atoms with E-state index in [0.717, 1.165) is 31.3 Å². The molecule has 0 saturated heterocycles. The van der Waals surface area contributed by atoms with Crippen LogP contribution in [-0.2, 0) is 9.53 Å². The number of methoxy groups -OCH3 is 1. The predicted octanol–water partition coefficient (Wildman–Crippen LogP) is 3.31. The normalized spacial score (nSPS) is 13.5. The molecule has 0 unspecified atom stereocenters. The molecular weight excluding hydrogens is 282 g/mol. The van der Waals surface area contributed by atoms with Crippen LogP contribution in [0.25, 0.3) is 4.85 Å². The molecule has 0 aromatic carbocycles. The van der Waals surface area contributed by atoms with Crippen molar-refractivity contribution < 1.29 is 9.53 Å². The molecule has 1 aliphatic rings. The van der Waals surface area contributed by atoms with E-state index in [1.54, 1.807) is 0 Å². The van der Waals surface area contributed by atoms with Gasteiger partial charge in [0.25, 0.3) is 5.70 Å². The maximum absolute atomic E-state index is 11.1. The lowest BCUT2D eigenvalue weighted by molar-refractivity contribution is -0.135. The van der Waals surface area contributed by atoms with Gasteiger partial charge in [-0.3, -0.25) is 4.79 Å². The highest BCUT2D eigenvalue weighted by molar-refractivity contribution is 9.09. The predicted molar refractivity (Wildman–Crippen MR) is 71.4 cm³/mol. The number of carbonyl (C=O) groups excluding carboxylic acids is 1. The number of allylic oxidation sites excluding steroid dienone is 1. The molecule has 0 amide bonds. The zero-order valence-electron chi connectivity index (χ0n) is 9.96. The number of terminal acetylenes is 1. The third-order valence-corrected chi connectivity index (χ3v) is 2.68. The van der Waals surface area contributed by atoms with E-state index in [1.807, 2.05) is 0 Å². The monoisotopic (exact) mass is 297 g/mol. The largest absolute Gasteiger partial charge is 0.474 e. The smallest absolute Gasteiger partial charge is 0.335 e. The lowest BCUT2D eigenvalue weighted by Crippen LogP contribution is -2.07. The molecule has 1 rings (SSSR count). The van der Waals surface area contributed by atoms with Gasteiger partial charge in [-0.05, 0) is 12.8 Å². The Morgan fingerprint density at radius 1 is 1.53 bits per heavy atom. The molecule has 0 aliphatic heterocycles. The highest BCUT2D eigenvalue weighted by Gasteiger charge is 2.17. The number of nitrogens with zero attached hydrogens (tertiary/aromatic N) is 1. The van der Waals surface area contributed by atoms with E-state index < -0.39 is 5.97 Å². The third kappa shape index (κ3) is 6.14. The summed E-state index contributed by atoms with van der Waals surface area (Å²) in [6.07, 6.45) is 9.88. The summed E-state index contributed by atoms with van der Waals surface area (Å²) in [4.78, 5) is 14.4. The van der Waals surface area contributed by atoms with Crippen LogP contribution in [0.2, 0.25) is 0 Å². The van der Waals surface area contributed by atoms with E-state index in [4.69, 9.17) is 13.0 Å². The van der Waals surface area contributed by atoms with Crippen LogP contribution in [0.3, 0.4) is 0 Å². The molecule has 3 nitrogen and oxygen atoms in total. The molecule has 1 aliphatic carbocycles. The summed E-state index contributed by atoms with van der Waals surface area (Å²) in [6.45, 7) is 6.90. The van der Waals surface area contributed by atoms with Gasteiger partial charge in [0, 0.05) is 0 Å². The number of halogens is 1. The average Bonchev–Trinajstić information content (AvgIpc) is 2.41. The fourth-order valence-electron chi connectivity index (χ4n) is 1.58. The van der Waals surface area contributed by atoms with Gasteiger partial charge in [0.05, 0.1) is 19.0 Å². The molecule has 0 aromatic rings. The molecule has 1 saturated carbocycles. The number of rotatable bonds is 1. The average molecular weight is 298 g/mol. The Morgan fingerprint density at radius 3 is 2.41 bits per heavy atom. The molecule has 17 heavy (non-hydrogen) atoms. The van der Waals surface area contributed by atoms with E-state index in [-0.39, 0.29) is 5.70 Å². The molecule has 0 radical (unpaired) electrons. The molecule has 0 bridgehead atoms. The number of alkyl halides is 1. The first-order valence-electron chi connectivity index (χ1n) is 5.38. The van der Waals surface area contributed by atoms with E-state index in [1.165, 1.54) is 13.5 Å². The maximum Gasteiger partial charge on any atom is 0.335 e. The number of carbonyl (C=O) groups is 1. The van der Waals surface area contributed by atoms with E-state index in [2.05, 4.69) is 31.4 Å². The Kier molecular flexibility index (Phi) is 9.19. The summed E-state index contributed by atoms with van der Waals surface area (Å²) >= 11 is 3.01. The van der Waals surface area contributed by atoms with Crippen molar-refractivity contribution in [2.45, 2.75) is 32.1 Å². The number of hydrogen-bond acceptors (Lipinski definition) is 2. The molecule has 0 spiro atoms. The molecule has 92 valence electrons. The first-order valence-corrected chi connectivity index (χ1v) is 6.50. The van der Waals surface area contributed by atoms with Crippen LogP contribution < -0.4 is 0 Å². The van der Waals surface area contributed by atoms with Gasteiger partial charge in [0.2, 0.25) is 0 Å². The third-order valence-electron chi connectivity index (χ3n) is 2.36. The van der Waals surface area contributed by atoms with Gasteiger partial charge in [-0.25, -0.2) is 4.85 Å². The first kappa shape index (κ1) is 15.7. The molecule has 0 N–H and O–H groups in total. The van der Waals surface area contributed by atoms with Gasteiger partial charge in [0.15, 0.2) is 0 Å². The second kappa shape index (κ2) is 9.93. The van der Waals surface area contributed by atoms with Crippen LogP contribution in [-0.4, -0.2) is 18.4 Å². The second-order valence-electron chi connectivity index (χ2n) is 3.45. The van der Waals surface area contributed by atoms with Gasteiger partial charge in [0.1, 0.15) is 0 Å². The van der Waals surface area contributed by atoms with Crippen LogP contribution in [0.1, 0.15) is 32.1 Å². The molecular formula is C13H16BrNO2. The van der Waals surface area contributed by atoms with Gasteiger partial charge in [-0.2, -0.15) is 0 Å². The van der Waals surface area contributed by atoms with Gasteiger partial charge in [-0.1, -0.05) is 46.7 Å². The van der Waals surface area contributed by atoms with Crippen LogP contribution in [0.5, 0.6) is 0 Å². The SMILES string of the molecule is C#CCBr.[C-]#[N+]C(C(=O)OC)=C1CCCCC1. The first-order chi connectivity index (χ1) is 8.21. The number of hydrogen-bond donors (Lipinski definition) is 0. The zero-order chi connectivity index (χ0) is 13.1. The Balaban J connectivity index is 0.000000557. The molecule has 1 fully saturated rings. The molecule has 0 aromatic heterocycles. The molecule has 0 atom stereocenters. The zero-order valence-corrected chi connectivity index (χ0v) is 11.5. The van der Waals surface area contributed by atoms with Crippen molar-refractivity contribution in [3.8, 4) is 12.3 Å². The lowest BCUT2D eigenvalue weighted by Gasteiger charge is -2.14. The van der Waals surface area contributed by atoms with Crippen molar-refractivity contribution in [1.29, 1.82) is 0 Å². The molecule has 0 heterocycles. The van der Waals surface area contributed by atoms with E-state index in [9.17, 15) is 4.79 Å². The van der Waals surface area contributed by atoms with Crippen LogP contribution in [0.4, 0.5) is 0 Å². The van der Waals surface area contributed by atoms with Crippen LogP contribution in [0.15, 0.2) is 11.3 Å². The summed E-state index contributed by atoms with van der Waals surface area (Å²) in [5.74, 6) is 1.87. The topological polar surface area (TPSA) is 30.7 Å². The fraction of sp³-hybridized carbons (Fsp3) is 0.538. The minimum Gasteiger partial charge on any atom is -0.474 e. The van der Waals surface area contributed by atoms with Crippen molar-refractivity contribution in [2.24, 2.45) is 0 Å². The van der Waals surface area contributed by atoms with Gasteiger partial charge < -0.3 is 4.74 Å². The van der Waals surface area contributed by atoms with Gasteiger partial charge in [-0.15, -0.1) is 6.42 Å². The Hall–Kier alpha value is -1.26. The van der Waals surface area contributed by atoms with E-state index >= 15 is 0 Å². The number of esters is 1. The Labute approximate surface area is 111 Å². The standard InChI is InChI=1S/C10H13NO2.C3H3Br/c1-11-9(10(12)13-2)8-6-4-3-5-7-8;1-2-3-4/h3-7H2,2H3;1H,3H2. The summed E-state index contributed by atoms with van der Waals surface area (Å²) < 4.78 is 4.55. The van der Waals surface area contributed by atoms with Crippen molar-refractivity contribution in [2.75, 3.05) is 12.4 Å². The highest BCUT2D eigenvalue weighted by atomic mass is 79.9. The van der Waals surface area contributed by atoms with Crippen LogP contribution >= 0.6 is 15.9 Å². The fourth-order valence-corrected chi connectivity index (χ4v) is 1.58. The lowest BCUT2D eigenvalue weighted by atomic mass is 9.93. The minimum atomic E-state index is -0.480.